The molecule has 3 aromatic heterocycles. The molecule has 0 radical (unpaired) electrons. The van der Waals surface area contributed by atoms with Gasteiger partial charge in [0, 0.05) is 19.5 Å². The number of hydrogen-bond donors (Lipinski definition) is 2. The third-order valence-electron chi connectivity index (χ3n) is 6.69. The van der Waals surface area contributed by atoms with Crippen molar-refractivity contribution in [2.24, 2.45) is 10.8 Å². The first-order chi connectivity index (χ1) is 17.1. The number of alkyl halides is 3. The normalized spacial score (nSPS) is 22.4. The summed E-state index contributed by atoms with van der Waals surface area (Å²) in [6, 6.07) is 4.02. The Morgan fingerprint density at radius 2 is 1.94 bits per heavy atom. The molecule has 0 unspecified atom stereocenters. The Bertz CT molecular complexity index is 1350. The zero-order valence-corrected chi connectivity index (χ0v) is 19.0. The first kappa shape index (κ1) is 23.7. The molecule has 11 nitrogen and oxygen atoms in total. The number of carbonyl (C=O) groups is 2. The van der Waals surface area contributed by atoms with Crippen LogP contribution in [0.2, 0.25) is 0 Å². The molecular weight excluding hydrogens is 479 g/mol. The Morgan fingerprint density at radius 1 is 1.17 bits per heavy atom. The highest BCUT2D eigenvalue weighted by atomic mass is 19.4. The van der Waals surface area contributed by atoms with E-state index >= 15 is 0 Å². The van der Waals surface area contributed by atoms with E-state index in [0.29, 0.717) is 29.1 Å². The predicted octanol–water partition coefficient (Wildman–Crippen LogP) is 1.90. The zero-order valence-electron chi connectivity index (χ0n) is 19.0. The van der Waals surface area contributed by atoms with E-state index in [2.05, 4.69) is 37.1 Å². The molecule has 0 aliphatic heterocycles. The number of nitrogens with one attached hydrogen (secondary N) is 2. The van der Waals surface area contributed by atoms with Gasteiger partial charge >= 0.3 is 6.18 Å². The smallest absolute Gasteiger partial charge is 0.352 e. The number of aromatic nitrogens is 6. The lowest BCUT2D eigenvalue weighted by Crippen LogP contribution is -2.62. The number of fused-ring (bicyclic) bond motifs is 1. The Hall–Kier alpha value is -4.02. The maximum Gasteiger partial charge on any atom is 0.389 e. The fraction of sp³-hybridized carbons (Fsp3) is 0.500. The summed E-state index contributed by atoms with van der Waals surface area (Å²) in [5.41, 5.74) is 1.75. The van der Waals surface area contributed by atoms with Gasteiger partial charge in [-0.25, -0.2) is 14.2 Å². The summed E-state index contributed by atoms with van der Waals surface area (Å²) < 4.78 is 39.8. The summed E-state index contributed by atoms with van der Waals surface area (Å²) in [5.74, 6) is -1.06. The molecule has 0 atom stereocenters. The molecule has 3 saturated carbocycles. The van der Waals surface area contributed by atoms with Crippen LogP contribution in [0.15, 0.2) is 24.7 Å². The number of halogens is 3. The highest BCUT2D eigenvalue weighted by Crippen LogP contribution is 2.73. The Balaban J connectivity index is 1.14. The van der Waals surface area contributed by atoms with Crippen LogP contribution in [-0.4, -0.2) is 47.6 Å². The minimum Gasteiger partial charge on any atom is -0.352 e. The van der Waals surface area contributed by atoms with Crippen molar-refractivity contribution in [1.29, 1.82) is 5.26 Å². The zero-order chi connectivity index (χ0) is 25.6. The van der Waals surface area contributed by atoms with Crippen LogP contribution < -0.4 is 10.6 Å². The van der Waals surface area contributed by atoms with Gasteiger partial charge in [-0.1, -0.05) is 5.21 Å². The van der Waals surface area contributed by atoms with E-state index in [1.807, 2.05) is 0 Å². The number of amides is 2. The van der Waals surface area contributed by atoms with Crippen LogP contribution in [0.25, 0.3) is 5.65 Å². The molecule has 6 rings (SSSR count). The third kappa shape index (κ3) is 4.73. The van der Waals surface area contributed by atoms with Crippen molar-refractivity contribution in [3.63, 3.8) is 0 Å². The van der Waals surface area contributed by atoms with Crippen molar-refractivity contribution in [2.45, 2.75) is 57.9 Å². The molecule has 2 N–H and O–H groups in total. The van der Waals surface area contributed by atoms with E-state index in [4.69, 9.17) is 0 Å². The van der Waals surface area contributed by atoms with Gasteiger partial charge in [-0.3, -0.25) is 9.59 Å². The first-order valence-corrected chi connectivity index (χ1v) is 11.3. The molecule has 0 spiro atoms. The highest BCUT2D eigenvalue weighted by molar-refractivity contribution is 5.92. The average Bonchev–Trinajstić information content (AvgIpc) is 3.41. The van der Waals surface area contributed by atoms with Crippen molar-refractivity contribution < 1.29 is 22.8 Å². The van der Waals surface area contributed by atoms with Gasteiger partial charge in [0.15, 0.2) is 5.65 Å². The minimum absolute atomic E-state index is 0.0209. The lowest BCUT2D eigenvalue weighted by atomic mass is 9.36. The molecule has 3 aliphatic rings. The van der Waals surface area contributed by atoms with Gasteiger partial charge in [-0.2, -0.15) is 23.5 Å². The lowest BCUT2D eigenvalue weighted by molar-refractivity contribution is -0.174. The van der Waals surface area contributed by atoms with Gasteiger partial charge in [-0.05, 0) is 36.3 Å². The summed E-state index contributed by atoms with van der Waals surface area (Å²) in [5, 5.41) is 26.5. The summed E-state index contributed by atoms with van der Waals surface area (Å²) in [4.78, 5) is 28.8. The van der Waals surface area contributed by atoms with Crippen LogP contribution >= 0.6 is 0 Å². The number of imidazole rings is 1. The van der Waals surface area contributed by atoms with E-state index in [-0.39, 0.29) is 29.8 Å². The average molecular weight is 501 g/mol. The summed E-state index contributed by atoms with van der Waals surface area (Å²) in [7, 11) is 0. The van der Waals surface area contributed by atoms with E-state index in [9.17, 15) is 28.0 Å². The van der Waals surface area contributed by atoms with Crippen LogP contribution in [0.5, 0.6) is 0 Å². The van der Waals surface area contributed by atoms with Crippen molar-refractivity contribution in [3.8, 4) is 6.07 Å². The maximum atomic E-state index is 12.7. The molecule has 0 aromatic carbocycles. The van der Waals surface area contributed by atoms with Crippen LogP contribution in [0, 0.1) is 22.2 Å². The Labute approximate surface area is 202 Å². The summed E-state index contributed by atoms with van der Waals surface area (Å²) in [6.45, 7) is 0.694. The quantitative estimate of drug-likeness (QED) is 0.456. The fourth-order valence-corrected chi connectivity index (χ4v) is 5.10. The van der Waals surface area contributed by atoms with Gasteiger partial charge < -0.3 is 10.6 Å². The van der Waals surface area contributed by atoms with E-state index in [0.717, 1.165) is 19.3 Å². The van der Waals surface area contributed by atoms with Crippen LogP contribution in [0.3, 0.4) is 0 Å². The topological polar surface area (TPSA) is 143 Å². The van der Waals surface area contributed by atoms with Crippen LogP contribution in [-0.2, 0) is 24.4 Å². The van der Waals surface area contributed by atoms with E-state index in [1.54, 1.807) is 16.9 Å². The van der Waals surface area contributed by atoms with E-state index < -0.39 is 24.9 Å². The number of rotatable bonds is 9. The molecule has 3 aliphatic carbocycles. The molecule has 14 heteroatoms. The molecule has 2 bridgehead atoms. The molecule has 0 saturated heterocycles. The van der Waals surface area contributed by atoms with E-state index in [1.165, 1.54) is 16.9 Å². The van der Waals surface area contributed by atoms with Gasteiger partial charge in [0.1, 0.15) is 5.69 Å². The van der Waals surface area contributed by atoms with Gasteiger partial charge in [0.2, 0.25) is 5.91 Å². The number of nitriles is 1. The SMILES string of the molecule is N#CC12CC(Cn3nncc3C(=O)NCc3cn4ncc(CNC(=O)CCC(F)(F)F)cc4n3)(C1)C2. The monoisotopic (exact) mass is 501 g/mol. The van der Waals surface area contributed by atoms with Crippen molar-refractivity contribution in [1.82, 2.24) is 40.2 Å². The molecule has 2 amide bonds. The van der Waals surface area contributed by atoms with Crippen molar-refractivity contribution in [2.75, 3.05) is 0 Å². The minimum atomic E-state index is -4.38. The van der Waals surface area contributed by atoms with Gasteiger partial charge in [0.25, 0.3) is 5.91 Å². The molecular formula is C22H22F3N9O2. The molecule has 188 valence electrons. The molecule has 3 aromatic rings. The molecule has 3 heterocycles. The second-order valence-corrected chi connectivity index (χ2v) is 9.67. The number of nitrogens with zero attached hydrogens (tertiary/aromatic N) is 7. The largest absolute Gasteiger partial charge is 0.389 e. The number of carbonyl (C=O) groups excluding carboxylic acids is 2. The standard InChI is InChI=1S/C22H22F3N9O2/c23-22(24,25)2-1-18(35)27-4-14-3-17-31-15(8-33(17)30-5-14)6-28-19(36)16-7-29-32-34(16)13-21-9-20(10-21,11-21)12-26/h3,5,7-8H,1-2,4,6,9-11,13H2,(H,27,35)(H,28,36). The second-order valence-electron chi connectivity index (χ2n) is 9.67. The molecule has 3 fully saturated rings. The van der Waals surface area contributed by atoms with Crippen molar-refractivity contribution in [3.05, 3.63) is 41.6 Å². The lowest BCUT2D eigenvalue weighted by Gasteiger charge is -2.67. The third-order valence-corrected chi connectivity index (χ3v) is 6.69. The second kappa shape index (κ2) is 8.58. The maximum absolute atomic E-state index is 12.7. The first-order valence-electron chi connectivity index (χ1n) is 11.3. The van der Waals surface area contributed by atoms with Crippen LogP contribution in [0.1, 0.15) is 53.8 Å². The predicted molar refractivity (Wildman–Crippen MR) is 116 cm³/mol. The summed E-state index contributed by atoms with van der Waals surface area (Å²) >= 11 is 0. The van der Waals surface area contributed by atoms with Crippen LogP contribution in [0.4, 0.5) is 13.2 Å². The number of hydrogen-bond acceptors (Lipinski definition) is 7. The Morgan fingerprint density at radius 3 is 2.67 bits per heavy atom. The Kier molecular flexibility index (Phi) is 5.65. The van der Waals surface area contributed by atoms with Gasteiger partial charge in [0.05, 0.1) is 48.7 Å². The highest BCUT2D eigenvalue weighted by Gasteiger charge is 2.68. The summed E-state index contributed by atoms with van der Waals surface area (Å²) in [6.07, 6.45) is 0.801. The fourth-order valence-electron chi connectivity index (χ4n) is 5.10. The van der Waals surface area contributed by atoms with Gasteiger partial charge in [-0.15, -0.1) is 5.10 Å². The molecule has 36 heavy (non-hydrogen) atoms. The van der Waals surface area contributed by atoms with Crippen molar-refractivity contribution >= 4 is 17.5 Å².